The molecule has 0 radical (unpaired) electrons. The van der Waals surface area contributed by atoms with Gasteiger partial charge in [-0.2, -0.15) is 0 Å². The van der Waals surface area contributed by atoms with Crippen molar-refractivity contribution in [3.8, 4) is 0 Å². The fraction of sp³-hybridized carbons (Fsp3) is 0.462. The molecule has 1 aliphatic rings. The topological polar surface area (TPSA) is 66.6 Å². The molecule has 92 valence electrons. The van der Waals surface area contributed by atoms with E-state index in [4.69, 9.17) is 5.73 Å². The highest BCUT2D eigenvalue weighted by molar-refractivity contribution is 5.79. The highest BCUT2D eigenvalue weighted by Crippen LogP contribution is 2.21. The van der Waals surface area contributed by atoms with Gasteiger partial charge in [0.25, 0.3) is 0 Å². The number of rotatable bonds is 2. The number of nitrogen functional groups attached to an aromatic ring is 1. The van der Waals surface area contributed by atoms with Crippen LogP contribution in [0.5, 0.6) is 0 Å². The molecular formula is C13H18N2O2. The molecule has 4 heteroatoms. The SMILES string of the molecule is CC1(O)CCN(C(=O)Cc2ccc(N)cc2)C1. The van der Waals surface area contributed by atoms with Crippen molar-refractivity contribution < 1.29 is 9.90 Å². The largest absolute Gasteiger partial charge is 0.399 e. The number of β-amino-alcohol motifs (C(OH)–C–C–N with tert-alkyl or cyclic N) is 1. The zero-order valence-corrected chi connectivity index (χ0v) is 10.0. The number of amides is 1. The van der Waals surface area contributed by atoms with Crippen LogP contribution in [0.15, 0.2) is 24.3 Å². The van der Waals surface area contributed by atoms with Crippen molar-refractivity contribution in [2.45, 2.75) is 25.4 Å². The van der Waals surface area contributed by atoms with E-state index in [0.29, 0.717) is 31.6 Å². The van der Waals surface area contributed by atoms with Gasteiger partial charge in [-0.25, -0.2) is 0 Å². The average molecular weight is 234 g/mol. The summed E-state index contributed by atoms with van der Waals surface area (Å²) in [5.74, 6) is 0.0625. The molecule has 3 N–H and O–H groups in total. The molecule has 1 heterocycles. The molecule has 1 atom stereocenters. The van der Waals surface area contributed by atoms with Gasteiger partial charge in [-0.15, -0.1) is 0 Å². The van der Waals surface area contributed by atoms with E-state index >= 15 is 0 Å². The molecule has 0 saturated carbocycles. The highest BCUT2D eigenvalue weighted by atomic mass is 16.3. The molecule has 2 rings (SSSR count). The van der Waals surface area contributed by atoms with Crippen LogP contribution in [0.3, 0.4) is 0 Å². The first-order chi connectivity index (χ1) is 7.96. The number of carbonyl (C=O) groups is 1. The van der Waals surface area contributed by atoms with Crippen molar-refractivity contribution in [2.75, 3.05) is 18.8 Å². The molecule has 0 bridgehead atoms. The van der Waals surface area contributed by atoms with E-state index in [2.05, 4.69) is 0 Å². The standard InChI is InChI=1S/C13H18N2O2/c1-13(17)6-7-15(9-13)12(16)8-10-2-4-11(14)5-3-10/h2-5,17H,6-9,14H2,1H3. The zero-order chi connectivity index (χ0) is 12.5. The Hall–Kier alpha value is -1.55. The van der Waals surface area contributed by atoms with Gasteiger partial charge >= 0.3 is 0 Å². The van der Waals surface area contributed by atoms with Crippen LogP contribution < -0.4 is 5.73 Å². The fourth-order valence-corrected chi connectivity index (χ4v) is 2.08. The van der Waals surface area contributed by atoms with Gasteiger partial charge in [0.15, 0.2) is 0 Å². The molecule has 0 spiro atoms. The van der Waals surface area contributed by atoms with E-state index < -0.39 is 5.60 Å². The summed E-state index contributed by atoms with van der Waals surface area (Å²) >= 11 is 0. The second-order valence-corrected chi connectivity index (χ2v) is 4.98. The first-order valence-electron chi connectivity index (χ1n) is 5.81. The summed E-state index contributed by atoms with van der Waals surface area (Å²) in [6.45, 7) is 2.84. The minimum Gasteiger partial charge on any atom is -0.399 e. The Bertz CT molecular complexity index is 412. The Morgan fingerprint density at radius 3 is 2.65 bits per heavy atom. The van der Waals surface area contributed by atoms with Crippen LogP contribution in [0.2, 0.25) is 0 Å². The number of nitrogens with zero attached hydrogens (tertiary/aromatic N) is 1. The van der Waals surface area contributed by atoms with Gasteiger partial charge in [0.2, 0.25) is 5.91 Å². The maximum Gasteiger partial charge on any atom is 0.227 e. The van der Waals surface area contributed by atoms with Gasteiger partial charge in [-0.05, 0) is 31.0 Å². The molecule has 0 aromatic heterocycles. The molecule has 1 aromatic rings. The zero-order valence-electron chi connectivity index (χ0n) is 10.0. The van der Waals surface area contributed by atoms with Gasteiger partial charge in [-0.1, -0.05) is 12.1 Å². The smallest absolute Gasteiger partial charge is 0.227 e. The van der Waals surface area contributed by atoms with Crippen molar-refractivity contribution in [3.63, 3.8) is 0 Å². The van der Waals surface area contributed by atoms with Crippen molar-refractivity contribution in [3.05, 3.63) is 29.8 Å². The van der Waals surface area contributed by atoms with Crippen LogP contribution in [-0.2, 0) is 11.2 Å². The van der Waals surface area contributed by atoms with Crippen LogP contribution in [-0.4, -0.2) is 34.6 Å². The third kappa shape index (κ3) is 2.97. The molecular weight excluding hydrogens is 216 g/mol. The molecule has 1 aromatic carbocycles. The van der Waals surface area contributed by atoms with E-state index in [9.17, 15) is 9.90 Å². The van der Waals surface area contributed by atoms with Gasteiger partial charge in [-0.3, -0.25) is 4.79 Å². The lowest BCUT2D eigenvalue weighted by Crippen LogP contribution is -2.34. The lowest BCUT2D eigenvalue weighted by molar-refractivity contribution is -0.130. The van der Waals surface area contributed by atoms with E-state index in [1.54, 1.807) is 24.0 Å². The van der Waals surface area contributed by atoms with Crippen LogP contribution in [0.1, 0.15) is 18.9 Å². The maximum absolute atomic E-state index is 12.0. The Kier molecular flexibility index (Phi) is 3.07. The molecule has 1 saturated heterocycles. The molecule has 1 amide bonds. The van der Waals surface area contributed by atoms with Crippen LogP contribution >= 0.6 is 0 Å². The second kappa shape index (κ2) is 4.37. The first-order valence-corrected chi connectivity index (χ1v) is 5.81. The van der Waals surface area contributed by atoms with Crippen LogP contribution in [0.4, 0.5) is 5.69 Å². The minimum absolute atomic E-state index is 0.0625. The predicted molar refractivity (Wildman–Crippen MR) is 66.4 cm³/mol. The third-order valence-corrected chi connectivity index (χ3v) is 3.14. The number of hydrogen-bond donors (Lipinski definition) is 2. The van der Waals surface area contributed by atoms with Crippen LogP contribution in [0, 0.1) is 0 Å². The van der Waals surface area contributed by atoms with Crippen molar-refractivity contribution in [1.82, 2.24) is 4.90 Å². The number of benzene rings is 1. The number of anilines is 1. The second-order valence-electron chi connectivity index (χ2n) is 4.98. The van der Waals surface area contributed by atoms with E-state index in [1.807, 2.05) is 12.1 Å². The summed E-state index contributed by atoms with van der Waals surface area (Å²) in [5, 5.41) is 9.81. The fourth-order valence-electron chi connectivity index (χ4n) is 2.08. The Labute approximate surface area is 101 Å². The van der Waals surface area contributed by atoms with Gasteiger partial charge < -0.3 is 15.7 Å². The molecule has 4 nitrogen and oxygen atoms in total. The van der Waals surface area contributed by atoms with E-state index in [-0.39, 0.29) is 5.91 Å². The number of likely N-dealkylation sites (tertiary alicyclic amines) is 1. The molecule has 1 unspecified atom stereocenters. The lowest BCUT2D eigenvalue weighted by Gasteiger charge is -2.19. The van der Waals surface area contributed by atoms with Gasteiger partial charge in [0.05, 0.1) is 12.0 Å². The van der Waals surface area contributed by atoms with Crippen molar-refractivity contribution in [2.24, 2.45) is 0 Å². The molecule has 0 aliphatic carbocycles. The Morgan fingerprint density at radius 2 is 2.12 bits per heavy atom. The summed E-state index contributed by atoms with van der Waals surface area (Å²) in [6.07, 6.45) is 1.02. The summed E-state index contributed by atoms with van der Waals surface area (Å²) in [7, 11) is 0. The maximum atomic E-state index is 12.0. The number of carbonyl (C=O) groups excluding carboxylic acids is 1. The Balaban J connectivity index is 1.96. The lowest BCUT2D eigenvalue weighted by atomic mass is 10.1. The van der Waals surface area contributed by atoms with Crippen molar-refractivity contribution >= 4 is 11.6 Å². The van der Waals surface area contributed by atoms with E-state index in [0.717, 1.165) is 5.56 Å². The van der Waals surface area contributed by atoms with Crippen molar-refractivity contribution in [1.29, 1.82) is 0 Å². The highest BCUT2D eigenvalue weighted by Gasteiger charge is 2.33. The molecule has 17 heavy (non-hydrogen) atoms. The van der Waals surface area contributed by atoms with Gasteiger partial charge in [0.1, 0.15) is 0 Å². The minimum atomic E-state index is -0.725. The normalized spacial score (nSPS) is 24.0. The predicted octanol–water partition coefficient (Wildman–Crippen LogP) is 0.795. The molecule has 1 aliphatic heterocycles. The summed E-state index contributed by atoms with van der Waals surface area (Å²) < 4.78 is 0. The first kappa shape index (κ1) is 11.9. The average Bonchev–Trinajstić information content (AvgIpc) is 2.62. The summed E-state index contributed by atoms with van der Waals surface area (Å²) in [6, 6.07) is 7.31. The number of nitrogens with two attached hydrogens (primary N) is 1. The quantitative estimate of drug-likeness (QED) is 0.744. The third-order valence-electron chi connectivity index (χ3n) is 3.14. The molecule has 1 fully saturated rings. The number of hydrogen-bond acceptors (Lipinski definition) is 3. The Morgan fingerprint density at radius 1 is 1.47 bits per heavy atom. The van der Waals surface area contributed by atoms with Crippen LogP contribution in [0.25, 0.3) is 0 Å². The van der Waals surface area contributed by atoms with E-state index in [1.165, 1.54) is 0 Å². The summed E-state index contributed by atoms with van der Waals surface area (Å²) in [4.78, 5) is 13.7. The number of aliphatic hydroxyl groups is 1. The summed E-state index contributed by atoms with van der Waals surface area (Å²) in [5.41, 5.74) is 6.52. The monoisotopic (exact) mass is 234 g/mol. The van der Waals surface area contributed by atoms with Gasteiger partial charge in [0, 0.05) is 18.8 Å².